The van der Waals surface area contributed by atoms with Crippen LogP contribution in [0.2, 0.25) is 0 Å². The number of aliphatic carboxylic acids is 1. The molecule has 0 saturated heterocycles. The van der Waals surface area contributed by atoms with Crippen molar-refractivity contribution in [2.45, 2.75) is 186 Å². The van der Waals surface area contributed by atoms with Crippen molar-refractivity contribution in [2.75, 3.05) is 0 Å². The quantitative estimate of drug-likeness (QED) is 0.104. The molecule has 278 valence electrons. The lowest BCUT2D eigenvalue weighted by Gasteiger charge is -2.62. The van der Waals surface area contributed by atoms with E-state index in [9.17, 15) is 41.8 Å². The van der Waals surface area contributed by atoms with E-state index in [1.807, 2.05) is 0 Å². The first-order valence-electron chi connectivity index (χ1n) is 19.5. The summed E-state index contributed by atoms with van der Waals surface area (Å²) in [5, 5.41) is 20.4. The maximum Gasteiger partial charge on any atom is 0.453 e. The number of ketones is 1. The predicted octanol–water partition coefficient (Wildman–Crippen LogP) is 11.3. The number of fused-ring (bicyclic) bond motifs is 5. The summed E-state index contributed by atoms with van der Waals surface area (Å²) in [6, 6.07) is 0. The van der Waals surface area contributed by atoms with Crippen LogP contribution in [0.4, 0.5) is 22.0 Å². The molecular formula is C39H63F5O4. The number of aliphatic hydroxyl groups is 1. The molecular weight excluding hydrogens is 627 g/mol. The summed E-state index contributed by atoms with van der Waals surface area (Å²) in [6.07, 6.45) is 14.1. The Labute approximate surface area is 285 Å². The highest BCUT2D eigenvalue weighted by molar-refractivity contribution is 5.79. The van der Waals surface area contributed by atoms with Gasteiger partial charge < -0.3 is 10.2 Å². The number of rotatable bonds is 19. The molecule has 4 aliphatic carbocycles. The molecule has 1 unspecified atom stereocenters. The van der Waals surface area contributed by atoms with Gasteiger partial charge in [0.1, 0.15) is 5.78 Å². The second-order valence-electron chi connectivity index (χ2n) is 17.0. The van der Waals surface area contributed by atoms with Crippen molar-refractivity contribution in [3.63, 3.8) is 0 Å². The number of halogens is 5. The monoisotopic (exact) mass is 690 g/mol. The fourth-order valence-electron chi connectivity index (χ4n) is 11.2. The van der Waals surface area contributed by atoms with Gasteiger partial charge in [0.15, 0.2) is 0 Å². The summed E-state index contributed by atoms with van der Waals surface area (Å²) in [4.78, 5) is 23.8. The minimum atomic E-state index is -5.59. The highest BCUT2D eigenvalue weighted by atomic mass is 19.4. The smallest absolute Gasteiger partial charge is 0.453 e. The third kappa shape index (κ3) is 9.34. The maximum atomic E-state index is 13.1. The standard InChI is InChI=1S/C39H63F5O4/c1-36-24-22-30(45)25-29(36)18-19-31-32-20-21-33(46)37(32,2)26-28(34(31)36)16-13-11-9-7-5-3-4-6-8-10-12-15-27(35(47)48)17-14-23-38(40,41)39(42,43)44/h27-29,31-34,46H,3-26H2,1-2H3,(H,47,48)/t27?,28-,29-,31-,32-,33-,34-,36-,37-/m0/s1. The van der Waals surface area contributed by atoms with Crippen LogP contribution >= 0.6 is 0 Å². The average molecular weight is 691 g/mol. The molecule has 0 heterocycles. The number of hydrogen-bond acceptors (Lipinski definition) is 3. The molecule has 4 saturated carbocycles. The number of carboxylic acids is 1. The zero-order valence-corrected chi connectivity index (χ0v) is 29.6. The topological polar surface area (TPSA) is 74.6 Å². The van der Waals surface area contributed by atoms with E-state index in [1.54, 1.807) is 0 Å². The number of alkyl halides is 5. The summed E-state index contributed by atoms with van der Waals surface area (Å²) in [6.45, 7) is 4.90. The molecule has 0 aromatic heterocycles. The fourth-order valence-corrected chi connectivity index (χ4v) is 11.2. The van der Waals surface area contributed by atoms with E-state index in [2.05, 4.69) is 13.8 Å². The molecule has 9 heteroatoms. The van der Waals surface area contributed by atoms with Crippen LogP contribution < -0.4 is 0 Å². The van der Waals surface area contributed by atoms with Gasteiger partial charge in [-0.05, 0) is 98.2 Å². The van der Waals surface area contributed by atoms with Crippen LogP contribution in [0.5, 0.6) is 0 Å². The molecule has 4 aliphatic rings. The van der Waals surface area contributed by atoms with E-state index in [-0.39, 0.29) is 23.4 Å². The number of carbonyl (C=O) groups is 2. The summed E-state index contributed by atoms with van der Waals surface area (Å²) < 4.78 is 63.2. The Bertz CT molecular complexity index is 1050. The molecule has 4 fully saturated rings. The van der Waals surface area contributed by atoms with E-state index in [1.165, 1.54) is 64.2 Å². The largest absolute Gasteiger partial charge is 0.481 e. The molecule has 0 bridgehead atoms. The van der Waals surface area contributed by atoms with Crippen LogP contribution in [0, 0.1) is 46.3 Å². The van der Waals surface area contributed by atoms with Gasteiger partial charge in [0.25, 0.3) is 0 Å². The summed E-state index contributed by atoms with van der Waals surface area (Å²) in [5.74, 6) is -3.08. The van der Waals surface area contributed by atoms with Crippen LogP contribution in [-0.4, -0.2) is 40.2 Å². The second kappa shape index (κ2) is 16.8. The number of unbranched alkanes of at least 4 members (excludes halogenated alkanes) is 10. The molecule has 0 amide bonds. The van der Waals surface area contributed by atoms with Crippen LogP contribution in [0.25, 0.3) is 0 Å². The molecule has 0 spiro atoms. The number of carbonyl (C=O) groups excluding carboxylic acids is 1. The molecule has 4 nitrogen and oxygen atoms in total. The van der Waals surface area contributed by atoms with Crippen molar-refractivity contribution < 1.29 is 41.8 Å². The van der Waals surface area contributed by atoms with Crippen molar-refractivity contribution >= 4 is 11.8 Å². The Morgan fingerprint density at radius 3 is 2.00 bits per heavy atom. The fraction of sp³-hybridized carbons (Fsp3) is 0.949. The van der Waals surface area contributed by atoms with Gasteiger partial charge >= 0.3 is 18.1 Å². The molecule has 0 radical (unpaired) electrons. The number of hydrogen-bond donors (Lipinski definition) is 2. The van der Waals surface area contributed by atoms with Crippen molar-refractivity contribution in [1.82, 2.24) is 0 Å². The lowest BCUT2D eigenvalue weighted by molar-refractivity contribution is -0.284. The highest BCUT2D eigenvalue weighted by Gasteiger charge is 2.62. The van der Waals surface area contributed by atoms with E-state index >= 15 is 0 Å². The third-order valence-electron chi connectivity index (χ3n) is 13.9. The van der Waals surface area contributed by atoms with E-state index in [4.69, 9.17) is 0 Å². The minimum Gasteiger partial charge on any atom is -0.481 e. The van der Waals surface area contributed by atoms with Crippen molar-refractivity contribution in [3.05, 3.63) is 0 Å². The normalized spacial score (nSPS) is 34.4. The molecule has 0 aromatic carbocycles. The second-order valence-corrected chi connectivity index (χ2v) is 17.0. The zero-order chi connectivity index (χ0) is 35.2. The van der Waals surface area contributed by atoms with E-state index < -0.39 is 36.8 Å². The summed E-state index contributed by atoms with van der Waals surface area (Å²) in [7, 11) is 0. The van der Waals surface area contributed by atoms with Gasteiger partial charge in [-0.3, -0.25) is 9.59 Å². The van der Waals surface area contributed by atoms with Gasteiger partial charge in [0, 0.05) is 19.3 Å². The Kier molecular flexibility index (Phi) is 13.9. The minimum absolute atomic E-state index is 0.0531. The van der Waals surface area contributed by atoms with Crippen LogP contribution in [-0.2, 0) is 9.59 Å². The molecule has 0 aliphatic heterocycles. The third-order valence-corrected chi connectivity index (χ3v) is 13.9. The lowest BCUT2D eigenvalue weighted by atomic mass is 9.42. The van der Waals surface area contributed by atoms with Crippen LogP contribution in [0.3, 0.4) is 0 Å². The first kappa shape index (κ1) is 39.5. The Morgan fingerprint density at radius 1 is 0.812 bits per heavy atom. The highest BCUT2D eigenvalue weighted by Crippen LogP contribution is 2.68. The van der Waals surface area contributed by atoms with Gasteiger partial charge in [-0.2, -0.15) is 22.0 Å². The Hall–Kier alpha value is -1.25. The van der Waals surface area contributed by atoms with Gasteiger partial charge in [0.2, 0.25) is 0 Å². The number of aliphatic hydroxyl groups excluding tert-OH is 1. The molecule has 4 rings (SSSR count). The summed E-state index contributed by atoms with van der Waals surface area (Å²) in [5.41, 5.74) is 0.325. The average Bonchev–Trinajstić information content (AvgIpc) is 3.31. The molecule has 48 heavy (non-hydrogen) atoms. The number of Topliss-reactive ketones (excluding diaryl/α,β-unsaturated/α-hetero) is 1. The van der Waals surface area contributed by atoms with E-state index in [0.29, 0.717) is 48.2 Å². The van der Waals surface area contributed by atoms with Crippen molar-refractivity contribution in [3.8, 4) is 0 Å². The Balaban J connectivity index is 1.08. The Morgan fingerprint density at radius 2 is 1.40 bits per heavy atom. The van der Waals surface area contributed by atoms with Gasteiger partial charge in [0.05, 0.1) is 12.0 Å². The first-order chi connectivity index (χ1) is 22.6. The molecule has 2 N–H and O–H groups in total. The molecule has 9 atom stereocenters. The van der Waals surface area contributed by atoms with Crippen molar-refractivity contribution in [1.29, 1.82) is 0 Å². The first-order valence-corrected chi connectivity index (χ1v) is 19.5. The van der Waals surface area contributed by atoms with Crippen LogP contribution in [0.15, 0.2) is 0 Å². The van der Waals surface area contributed by atoms with Crippen LogP contribution in [0.1, 0.15) is 168 Å². The van der Waals surface area contributed by atoms with Crippen molar-refractivity contribution in [2.24, 2.45) is 46.3 Å². The predicted molar refractivity (Wildman–Crippen MR) is 178 cm³/mol. The maximum absolute atomic E-state index is 13.1. The van der Waals surface area contributed by atoms with E-state index in [0.717, 1.165) is 57.8 Å². The van der Waals surface area contributed by atoms with Gasteiger partial charge in [-0.15, -0.1) is 0 Å². The zero-order valence-electron chi connectivity index (χ0n) is 29.6. The lowest BCUT2D eigenvalue weighted by Crippen LogP contribution is -2.57. The van der Waals surface area contributed by atoms with Gasteiger partial charge in [-0.1, -0.05) is 90.9 Å². The number of carboxylic acid groups (broad SMARTS) is 1. The summed E-state index contributed by atoms with van der Waals surface area (Å²) >= 11 is 0. The molecule has 0 aromatic rings. The van der Waals surface area contributed by atoms with Gasteiger partial charge in [-0.25, -0.2) is 0 Å². The SMILES string of the molecule is C[C@]12CCC(=O)C[C@@H]1CC[C@@H]1[C@@H]2[C@@H](CCCCCCCCCCCCCC(CCCC(F)(F)C(F)(F)F)C(=O)O)C[C@]2(C)[C@@H](O)CC[C@@H]12.